The largest absolute Gasteiger partial charge is 0.325 e. The SMILES string of the molecule is Cc1cccc2c1NC(=O)[C@@H]2C. The third kappa shape index (κ3) is 0.843. The highest BCUT2D eigenvalue weighted by Crippen LogP contribution is 2.33. The van der Waals surface area contributed by atoms with E-state index in [-0.39, 0.29) is 11.8 Å². The monoisotopic (exact) mass is 161 g/mol. The first-order valence-electron chi connectivity index (χ1n) is 4.10. The van der Waals surface area contributed by atoms with Crippen molar-refractivity contribution in [3.05, 3.63) is 29.3 Å². The number of rotatable bonds is 0. The Morgan fingerprint density at radius 2 is 2.17 bits per heavy atom. The smallest absolute Gasteiger partial charge is 0.231 e. The molecule has 0 saturated heterocycles. The summed E-state index contributed by atoms with van der Waals surface area (Å²) in [5, 5.41) is 2.88. The van der Waals surface area contributed by atoms with Crippen molar-refractivity contribution in [1.29, 1.82) is 0 Å². The molecule has 0 aromatic heterocycles. The van der Waals surface area contributed by atoms with Gasteiger partial charge in [0, 0.05) is 5.69 Å². The molecular formula is C10H11NO. The Labute approximate surface area is 71.6 Å². The Hall–Kier alpha value is -1.31. The number of hydrogen-bond acceptors (Lipinski definition) is 1. The van der Waals surface area contributed by atoms with E-state index in [1.807, 2.05) is 32.0 Å². The maximum Gasteiger partial charge on any atom is 0.231 e. The van der Waals surface area contributed by atoms with Crippen molar-refractivity contribution < 1.29 is 4.79 Å². The number of para-hydroxylation sites is 1. The highest BCUT2D eigenvalue weighted by atomic mass is 16.2. The van der Waals surface area contributed by atoms with Crippen molar-refractivity contribution in [3.8, 4) is 0 Å². The second-order valence-corrected chi connectivity index (χ2v) is 3.25. The van der Waals surface area contributed by atoms with E-state index in [2.05, 4.69) is 5.32 Å². The van der Waals surface area contributed by atoms with Gasteiger partial charge < -0.3 is 5.32 Å². The van der Waals surface area contributed by atoms with Gasteiger partial charge in [-0.15, -0.1) is 0 Å². The normalized spacial score (nSPS) is 20.5. The molecule has 12 heavy (non-hydrogen) atoms. The fourth-order valence-electron chi connectivity index (χ4n) is 1.59. The first kappa shape index (κ1) is 7.35. The molecule has 0 unspecified atom stereocenters. The molecule has 2 heteroatoms. The number of amides is 1. The Balaban J connectivity index is 2.60. The number of carbonyl (C=O) groups is 1. The summed E-state index contributed by atoms with van der Waals surface area (Å²) in [6, 6.07) is 6.01. The molecule has 0 spiro atoms. The van der Waals surface area contributed by atoms with Gasteiger partial charge >= 0.3 is 0 Å². The Morgan fingerprint density at radius 1 is 1.42 bits per heavy atom. The standard InChI is InChI=1S/C10H11NO/c1-6-4-3-5-8-7(2)10(12)11-9(6)8/h3-5,7H,1-2H3,(H,11,12)/t7-/m1/s1. The van der Waals surface area contributed by atoms with E-state index in [0.717, 1.165) is 16.8 Å². The number of nitrogens with one attached hydrogen (secondary N) is 1. The third-order valence-electron chi connectivity index (χ3n) is 2.41. The summed E-state index contributed by atoms with van der Waals surface area (Å²) in [7, 11) is 0. The van der Waals surface area contributed by atoms with Crippen molar-refractivity contribution >= 4 is 11.6 Å². The van der Waals surface area contributed by atoms with Crippen molar-refractivity contribution in [2.75, 3.05) is 5.32 Å². The van der Waals surface area contributed by atoms with E-state index in [0.29, 0.717) is 0 Å². The molecule has 1 aromatic rings. The van der Waals surface area contributed by atoms with E-state index >= 15 is 0 Å². The molecule has 1 aromatic carbocycles. The molecular weight excluding hydrogens is 150 g/mol. The van der Waals surface area contributed by atoms with Gasteiger partial charge in [0.2, 0.25) is 5.91 Å². The lowest BCUT2D eigenvalue weighted by molar-refractivity contribution is -0.116. The molecule has 0 fully saturated rings. The first-order chi connectivity index (χ1) is 5.70. The predicted molar refractivity (Wildman–Crippen MR) is 48.2 cm³/mol. The number of carbonyl (C=O) groups excluding carboxylic acids is 1. The van der Waals surface area contributed by atoms with Crippen LogP contribution in [0.2, 0.25) is 0 Å². The highest BCUT2D eigenvalue weighted by Gasteiger charge is 2.26. The lowest BCUT2D eigenvalue weighted by Crippen LogP contribution is -2.08. The zero-order chi connectivity index (χ0) is 8.72. The average Bonchev–Trinajstić information content (AvgIpc) is 2.32. The van der Waals surface area contributed by atoms with Crippen molar-refractivity contribution in [2.24, 2.45) is 0 Å². The molecule has 62 valence electrons. The molecule has 0 aliphatic carbocycles. The fraction of sp³-hybridized carbons (Fsp3) is 0.300. The van der Waals surface area contributed by atoms with E-state index in [1.165, 1.54) is 0 Å². The Kier molecular flexibility index (Phi) is 1.43. The van der Waals surface area contributed by atoms with Gasteiger partial charge in [-0.2, -0.15) is 0 Å². The summed E-state index contributed by atoms with van der Waals surface area (Å²) in [6.07, 6.45) is 0. The van der Waals surface area contributed by atoms with Crippen LogP contribution in [-0.4, -0.2) is 5.91 Å². The molecule has 1 aliphatic rings. The molecule has 0 bridgehead atoms. The van der Waals surface area contributed by atoms with Crippen LogP contribution in [-0.2, 0) is 4.79 Å². The van der Waals surface area contributed by atoms with Gasteiger partial charge in [-0.25, -0.2) is 0 Å². The van der Waals surface area contributed by atoms with E-state index in [9.17, 15) is 4.79 Å². The van der Waals surface area contributed by atoms with E-state index in [1.54, 1.807) is 0 Å². The van der Waals surface area contributed by atoms with Crippen molar-refractivity contribution in [2.45, 2.75) is 19.8 Å². The molecule has 1 amide bonds. The molecule has 2 nitrogen and oxygen atoms in total. The van der Waals surface area contributed by atoms with Gasteiger partial charge in [0.1, 0.15) is 0 Å². The molecule has 1 atom stereocenters. The second kappa shape index (κ2) is 2.34. The van der Waals surface area contributed by atoms with Crippen LogP contribution in [0.25, 0.3) is 0 Å². The van der Waals surface area contributed by atoms with Gasteiger partial charge in [-0.1, -0.05) is 18.2 Å². The molecule has 0 radical (unpaired) electrons. The van der Waals surface area contributed by atoms with E-state index in [4.69, 9.17) is 0 Å². The summed E-state index contributed by atoms with van der Waals surface area (Å²) in [4.78, 5) is 11.3. The van der Waals surface area contributed by atoms with Crippen LogP contribution in [0.4, 0.5) is 5.69 Å². The number of fused-ring (bicyclic) bond motifs is 1. The topological polar surface area (TPSA) is 29.1 Å². The highest BCUT2D eigenvalue weighted by molar-refractivity contribution is 6.03. The minimum atomic E-state index is 0.0138. The number of aryl methyl sites for hydroxylation is 1. The minimum absolute atomic E-state index is 0.0138. The maximum atomic E-state index is 11.3. The van der Waals surface area contributed by atoms with Gasteiger partial charge in [-0.3, -0.25) is 4.79 Å². The summed E-state index contributed by atoms with van der Waals surface area (Å²) >= 11 is 0. The molecule has 0 saturated carbocycles. The van der Waals surface area contributed by atoms with Crippen molar-refractivity contribution in [3.63, 3.8) is 0 Å². The Morgan fingerprint density at radius 3 is 2.83 bits per heavy atom. The van der Waals surface area contributed by atoms with Crippen molar-refractivity contribution in [1.82, 2.24) is 0 Å². The van der Waals surface area contributed by atoms with Crippen LogP contribution in [0, 0.1) is 6.92 Å². The summed E-state index contributed by atoms with van der Waals surface area (Å²) < 4.78 is 0. The lowest BCUT2D eigenvalue weighted by atomic mass is 10.0. The van der Waals surface area contributed by atoms with Crippen LogP contribution in [0.15, 0.2) is 18.2 Å². The zero-order valence-corrected chi connectivity index (χ0v) is 7.22. The molecule has 2 rings (SSSR count). The predicted octanol–water partition coefficient (Wildman–Crippen LogP) is 2.05. The van der Waals surface area contributed by atoms with Crippen LogP contribution >= 0.6 is 0 Å². The van der Waals surface area contributed by atoms with Gasteiger partial charge in [0.05, 0.1) is 5.92 Å². The Bertz CT molecular complexity index is 344. The summed E-state index contributed by atoms with van der Waals surface area (Å²) in [5.74, 6) is 0.124. The minimum Gasteiger partial charge on any atom is -0.325 e. The fourth-order valence-corrected chi connectivity index (χ4v) is 1.59. The average molecular weight is 161 g/mol. The van der Waals surface area contributed by atoms with Crippen LogP contribution in [0.3, 0.4) is 0 Å². The van der Waals surface area contributed by atoms with Gasteiger partial charge in [0.25, 0.3) is 0 Å². The van der Waals surface area contributed by atoms with Crippen LogP contribution in [0.5, 0.6) is 0 Å². The summed E-state index contributed by atoms with van der Waals surface area (Å²) in [5.41, 5.74) is 3.28. The molecule has 1 N–H and O–H groups in total. The molecule has 1 heterocycles. The second-order valence-electron chi connectivity index (χ2n) is 3.25. The zero-order valence-electron chi connectivity index (χ0n) is 7.22. The maximum absolute atomic E-state index is 11.3. The third-order valence-corrected chi connectivity index (χ3v) is 2.41. The van der Waals surface area contributed by atoms with Crippen LogP contribution < -0.4 is 5.32 Å². The van der Waals surface area contributed by atoms with Crippen LogP contribution in [0.1, 0.15) is 24.0 Å². The summed E-state index contributed by atoms with van der Waals surface area (Å²) in [6.45, 7) is 3.94. The number of benzene rings is 1. The van der Waals surface area contributed by atoms with Gasteiger partial charge in [0.15, 0.2) is 0 Å². The first-order valence-corrected chi connectivity index (χ1v) is 4.10. The number of anilines is 1. The molecule has 1 aliphatic heterocycles. The lowest BCUT2D eigenvalue weighted by Gasteiger charge is -2.02. The quantitative estimate of drug-likeness (QED) is 0.620. The van der Waals surface area contributed by atoms with Gasteiger partial charge in [-0.05, 0) is 25.0 Å². The van der Waals surface area contributed by atoms with E-state index < -0.39 is 0 Å². The number of hydrogen-bond donors (Lipinski definition) is 1.